The van der Waals surface area contributed by atoms with Gasteiger partial charge in [-0.1, -0.05) is 23.8 Å². The van der Waals surface area contributed by atoms with Gasteiger partial charge in [0, 0.05) is 10.7 Å². The molecule has 1 aromatic rings. The second kappa shape index (κ2) is 7.70. The molecule has 1 aliphatic carbocycles. The summed E-state index contributed by atoms with van der Waals surface area (Å²) >= 11 is 5.76. The fourth-order valence-corrected chi connectivity index (χ4v) is 3.20. The quantitative estimate of drug-likeness (QED) is 0.480. The molecular formula is C18H17ClN2O5. The number of anilines is 1. The van der Waals surface area contributed by atoms with Crippen LogP contribution in [0, 0.1) is 11.8 Å². The molecule has 1 fully saturated rings. The van der Waals surface area contributed by atoms with Gasteiger partial charge in [0.1, 0.15) is 6.54 Å². The number of rotatable bonds is 5. The molecule has 8 heteroatoms. The predicted octanol–water partition coefficient (Wildman–Crippen LogP) is 1.77. The molecule has 0 spiro atoms. The van der Waals surface area contributed by atoms with Crippen molar-refractivity contribution in [3.05, 3.63) is 41.4 Å². The maximum absolute atomic E-state index is 12.3. The lowest BCUT2D eigenvalue weighted by atomic mass is 9.85. The Hall–Kier alpha value is -2.67. The van der Waals surface area contributed by atoms with E-state index < -0.39 is 36.9 Å². The Morgan fingerprint density at radius 2 is 1.65 bits per heavy atom. The van der Waals surface area contributed by atoms with Gasteiger partial charge in [-0.25, -0.2) is 0 Å². The van der Waals surface area contributed by atoms with Crippen molar-refractivity contribution in [1.29, 1.82) is 0 Å². The SMILES string of the molecule is O=C(COC(=O)CN1C(=O)[C@@H]2CC=CC[C@H]2C1=O)Nc1ccc(Cl)cc1. The summed E-state index contributed by atoms with van der Waals surface area (Å²) in [5.74, 6) is -2.83. The topological polar surface area (TPSA) is 92.8 Å². The molecule has 1 N–H and O–H groups in total. The van der Waals surface area contributed by atoms with Crippen molar-refractivity contribution in [3.63, 3.8) is 0 Å². The molecule has 1 saturated heterocycles. The Morgan fingerprint density at radius 1 is 1.08 bits per heavy atom. The van der Waals surface area contributed by atoms with Crippen LogP contribution in [0.1, 0.15) is 12.8 Å². The van der Waals surface area contributed by atoms with Crippen LogP contribution in [0.5, 0.6) is 0 Å². The monoisotopic (exact) mass is 376 g/mol. The fourth-order valence-electron chi connectivity index (χ4n) is 3.08. The van der Waals surface area contributed by atoms with E-state index in [0.717, 1.165) is 4.90 Å². The second-order valence-corrected chi connectivity index (χ2v) is 6.57. The van der Waals surface area contributed by atoms with E-state index in [-0.39, 0.29) is 11.8 Å². The third-order valence-corrected chi connectivity index (χ3v) is 4.63. The fraction of sp³-hybridized carbons (Fsp3) is 0.333. The maximum atomic E-state index is 12.3. The number of nitrogens with one attached hydrogen (secondary N) is 1. The number of imide groups is 1. The molecule has 0 aromatic heterocycles. The van der Waals surface area contributed by atoms with Crippen LogP contribution in [0.2, 0.25) is 5.02 Å². The number of fused-ring (bicyclic) bond motifs is 1. The summed E-state index contributed by atoms with van der Waals surface area (Å²) in [5.41, 5.74) is 0.511. The van der Waals surface area contributed by atoms with Crippen LogP contribution in [-0.2, 0) is 23.9 Å². The Bertz CT molecular complexity index is 748. The van der Waals surface area contributed by atoms with E-state index in [9.17, 15) is 19.2 Å². The Kier molecular flexibility index (Phi) is 5.37. The number of carbonyl (C=O) groups is 4. The zero-order chi connectivity index (χ0) is 18.7. The number of halogens is 1. The number of benzene rings is 1. The van der Waals surface area contributed by atoms with Gasteiger partial charge in [-0.05, 0) is 37.1 Å². The van der Waals surface area contributed by atoms with Crippen molar-refractivity contribution in [1.82, 2.24) is 4.90 Å². The number of nitrogens with zero attached hydrogens (tertiary/aromatic N) is 1. The molecular weight excluding hydrogens is 360 g/mol. The number of ether oxygens (including phenoxy) is 1. The van der Waals surface area contributed by atoms with E-state index in [1.807, 2.05) is 12.2 Å². The molecule has 1 aliphatic heterocycles. The predicted molar refractivity (Wildman–Crippen MR) is 93.1 cm³/mol. The van der Waals surface area contributed by atoms with Crippen LogP contribution >= 0.6 is 11.6 Å². The van der Waals surface area contributed by atoms with Crippen molar-refractivity contribution >= 4 is 41.0 Å². The molecule has 0 radical (unpaired) electrons. The number of hydrogen-bond donors (Lipinski definition) is 1. The average Bonchev–Trinajstić information content (AvgIpc) is 2.87. The number of amides is 3. The zero-order valence-corrected chi connectivity index (χ0v) is 14.6. The van der Waals surface area contributed by atoms with E-state index in [1.54, 1.807) is 24.3 Å². The highest BCUT2D eigenvalue weighted by Gasteiger charge is 2.47. The van der Waals surface area contributed by atoms with E-state index >= 15 is 0 Å². The summed E-state index contributed by atoms with van der Waals surface area (Å²) in [5, 5.41) is 3.08. The molecule has 0 saturated carbocycles. The van der Waals surface area contributed by atoms with Gasteiger partial charge in [0.15, 0.2) is 6.61 Å². The third-order valence-electron chi connectivity index (χ3n) is 4.38. The van der Waals surface area contributed by atoms with Crippen LogP contribution < -0.4 is 5.32 Å². The molecule has 0 unspecified atom stereocenters. The summed E-state index contributed by atoms with van der Waals surface area (Å²) < 4.78 is 4.87. The molecule has 7 nitrogen and oxygen atoms in total. The normalized spacial score (nSPS) is 21.5. The highest BCUT2D eigenvalue weighted by atomic mass is 35.5. The highest BCUT2D eigenvalue weighted by molar-refractivity contribution is 6.30. The summed E-state index contributed by atoms with van der Waals surface area (Å²) in [6.07, 6.45) is 4.75. The van der Waals surface area contributed by atoms with Crippen LogP contribution in [0.15, 0.2) is 36.4 Å². The van der Waals surface area contributed by atoms with Gasteiger partial charge < -0.3 is 10.1 Å². The molecule has 136 valence electrons. The molecule has 0 bridgehead atoms. The Balaban J connectivity index is 1.48. The summed E-state index contributed by atoms with van der Waals surface area (Å²) in [6.45, 7) is -0.981. The molecule has 2 atom stereocenters. The zero-order valence-electron chi connectivity index (χ0n) is 13.8. The van der Waals surface area contributed by atoms with Gasteiger partial charge in [0.2, 0.25) is 11.8 Å². The van der Waals surface area contributed by atoms with Crippen molar-refractivity contribution in [2.45, 2.75) is 12.8 Å². The van der Waals surface area contributed by atoms with Gasteiger partial charge in [-0.3, -0.25) is 24.1 Å². The van der Waals surface area contributed by atoms with Crippen molar-refractivity contribution < 1.29 is 23.9 Å². The van der Waals surface area contributed by atoms with Crippen LogP contribution in [0.25, 0.3) is 0 Å². The largest absolute Gasteiger partial charge is 0.454 e. The highest BCUT2D eigenvalue weighted by Crippen LogP contribution is 2.34. The Labute approximate surface area is 154 Å². The standard InChI is InChI=1S/C18H17ClN2O5/c19-11-5-7-12(8-6-11)20-15(22)10-26-16(23)9-21-17(24)13-3-1-2-4-14(13)18(21)25/h1-2,5-8,13-14H,3-4,9-10H2,(H,20,22)/t13-,14-/m1/s1. The summed E-state index contributed by atoms with van der Waals surface area (Å²) in [4.78, 5) is 49.2. The smallest absolute Gasteiger partial charge is 0.326 e. The first-order chi connectivity index (χ1) is 12.5. The number of esters is 1. The lowest BCUT2D eigenvalue weighted by Crippen LogP contribution is -2.37. The third kappa shape index (κ3) is 3.94. The van der Waals surface area contributed by atoms with Crippen LogP contribution in [0.3, 0.4) is 0 Å². The number of hydrogen-bond acceptors (Lipinski definition) is 5. The van der Waals surface area contributed by atoms with Gasteiger partial charge in [-0.15, -0.1) is 0 Å². The van der Waals surface area contributed by atoms with Crippen molar-refractivity contribution in [2.24, 2.45) is 11.8 Å². The molecule has 1 aromatic carbocycles. The minimum Gasteiger partial charge on any atom is -0.454 e. The van der Waals surface area contributed by atoms with Crippen molar-refractivity contribution in [2.75, 3.05) is 18.5 Å². The molecule has 2 aliphatic rings. The molecule has 3 amide bonds. The van der Waals surface area contributed by atoms with E-state index in [4.69, 9.17) is 16.3 Å². The lowest BCUT2D eigenvalue weighted by Gasteiger charge is -2.14. The number of likely N-dealkylation sites (tertiary alicyclic amines) is 1. The van der Waals surface area contributed by atoms with Crippen LogP contribution in [0.4, 0.5) is 5.69 Å². The lowest BCUT2D eigenvalue weighted by molar-refractivity contribution is -0.154. The van der Waals surface area contributed by atoms with Gasteiger partial charge in [-0.2, -0.15) is 0 Å². The van der Waals surface area contributed by atoms with Gasteiger partial charge in [0.05, 0.1) is 11.8 Å². The first-order valence-corrected chi connectivity index (χ1v) is 8.55. The minimum atomic E-state index is -0.801. The van der Waals surface area contributed by atoms with E-state index in [2.05, 4.69) is 5.32 Å². The van der Waals surface area contributed by atoms with Crippen molar-refractivity contribution in [3.8, 4) is 0 Å². The van der Waals surface area contributed by atoms with Gasteiger partial charge in [0.25, 0.3) is 5.91 Å². The summed E-state index contributed by atoms with van der Waals surface area (Å²) in [6, 6.07) is 6.45. The van der Waals surface area contributed by atoms with Crippen LogP contribution in [-0.4, -0.2) is 41.7 Å². The molecule has 3 rings (SSSR count). The summed E-state index contributed by atoms with van der Waals surface area (Å²) in [7, 11) is 0. The van der Waals surface area contributed by atoms with Gasteiger partial charge >= 0.3 is 5.97 Å². The first kappa shape index (κ1) is 18.1. The van der Waals surface area contributed by atoms with E-state index in [1.165, 1.54) is 0 Å². The minimum absolute atomic E-state index is 0.355. The number of carbonyl (C=O) groups excluding carboxylic acids is 4. The Morgan fingerprint density at radius 3 is 2.23 bits per heavy atom. The number of allylic oxidation sites excluding steroid dienone is 2. The molecule has 1 heterocycles. The first-order valence-electron chi connectivity index (χ1n) is 8.17. The maximum Gasteiger partial charge on any atom is 0.326 e. The molecule has 26 heavy (non-hydrogen) atoms. The van der Waals surface area contributed by atoms with E-state index in [0.29, 0.717) is 23.6 Å². The average molecular weight is 377 g/mol. The second-order valence-electron chi connectivity index (χ2n) is 6.13.